The van der Waals surface area contributed by atoms with E-state index in [1.165, 1.54) is 7.11 Å². The second-order valence-corrected chi connectivity index (χ2v) is 3.36. The molecular formula is C13H17NO2. The van der Waals surface area contributed by atoms with Crippen LogP contribution in [-0.4, -0.2) is 31.0 Å². The van der Waals surface area contributed by atoms with Gasteiger partial charge in [0.2, 0.25) is 0 Å². The first kappa shape index (κ1) is 10.9. The molecule has 0 aliphatic heterocycles. The molecule has 0 amide bonds. The maximum atomic E-state index is 11.3. The molecule has 0 spiro atoms. The van der Waals surface area contributed by atoms with Gasteiger partial charge in [0, 0.05) is 13.1 Å². The lowest BCUT2D eigenvalue weighted by Gasteiger charge is -2.19. The molecule has 3 nitrogen and oxygen atoms in total. The van der Waals surface area contributed by atoms with Gasteiger partial charge in [0.15, 0.2) is 0 Å². The van der Waals surface area contributed by atoms with Gasteiger partial charge in [-0.05, 0) is 5.56 Å². The third-order valence-electron chi connectivity index (χ3n) is 2.08. The smallest absolute Gasteiger partial charge is 0.319 e. The van der Waals surface area contributed by atoms with Crippen molar-refractivity contribution in [2.24, 2.45) is 0 Å². The van der Waals surface area contributed by atoms with Crippen LogP contribution >= 0.6 is 0 Å². The molecule has 0 fully saturated rings. The van der Waals surface area contributed by atoms with E-state index >= 15 is 0 Å². The Morgan fingerprint density at radius 1 is 1.56 bits per heavy atom. The average Bonchev–Trinajstić information content (AvgIpc) is 2.37. The first-order valence-corrected chi connectivity index (χ1v) is 5.08. The highest BCUT2D eigenvalue weighted by molar-refractivity contribution is 5.71. The van der Waals surface area contributed by atoms with Crippen LogP contribution in [0.2, 0.25) is 0 Å². The molecule has 1 aromatic rings. The fourth-order valence-electron chi connectivity index (χ4n) is 1.35. The summed E-state index contributed by atoms with van der Waals surface area (Å²) < 4.78 is 12.4. The number of rotatable bonds is 6. The predicted octanol–water partition coefficient (Wildman–Crippen LogP) is 1.85. The molecule has 3 heteroatoms. The molecule has 0 heterocycles. The minimum atomic E-state index is -1.02. The lowest BCUT2D eigenvalue weighted by atomic mass is 10.2. The fraction of sp³-hybridized carbons (Fsp3) is 0.308. The van der Waals surface area contributed by atoms with Gasteiger partial charge in [0.1, 0.15) is 0 Å². The van der Waals surface area contributed by atoms with Gasteiger partial charge in [-0.25, -0.2) is 0 Å². The lowest BCUT2D eigenvalue weighted by Crippen LogP contribution is -2.30. The van der Waals surface area contributed by atoms with Crippen LogP contribution in [0.4, 0.5) is 0 Å². The molecule has 1 rings (SSSR count). The van der Waals surface area contributed by atoms with E-state index in [1.807, 2.05) is 30.3 Å². The number of hydrogen-bond acceptors (Lipinski definition) is 3. The molecule has 16 heavy (non-hydrogen) atoms. The van der Waals surface area contributed by atoms with Crippen LogP contribution in [0, 0.1) is 0 Å². The molecule has 0 bridgehead atoms. The highest BCUT2D eigenvalue weighted by Crippen LogP contribution is 2.04. The van der Waals surface area contributed by atoms with E-state index in [0.29, 0.717) is 13.1 Å². The number of methoxy groups -OCH3 is 1. The highest BCUT2D eigenvalue weighted by Gasteiger charge is 2.09. The minimum Gasteiger partial charge on any atom is -0.468 e. The van der Waals surface area contributed by atoms with Crippen LogP contribution in [0.3, 0.4) is 0 Å². The summed E-state index contributed by atoms with van der Waals surface area (Å²) in [5.74, 6) is -0.553. The zero-order valence-corrected chi connectivity index (χ0v) is 9.43. The Morgan fingerprint density at radius 3 is 2.81 bits per heavy atom. The third kappa shape index (κ3) is 4.28. The van der Waals surface area contributed by atoms with Gasteiger partial charge in [-0.1, -0.05) is 36.4 Å². The Morgan fingerprint density at radius 2 is 2.25 bits per heavy atom. The molecule has 0 saturated carbocycles. The Bertz CT molecular complexity index is 367. The molecule has 0 saturated heterocycles. The van der Waals surface area contributed by atoms with Gasteiger partial charge >= 0.3 is 5.97 Å². The zero-order valence-electron chi connectivity index (χ0n) is 10.4. The summed E-state index contributed by atoms with van der Waals surface area (Å²) in [4.78, 5) is 13.0. The predicted molar refractivity (Wildman–Crippen MR) is 63.9 cm³/mol. The first-order valence-electron chi connectivity index (χ1n) is 5.65. The van der Waals surface area contributed by atoms with Gasteiger partial charge in [-0.3, -0.25) is 9.69 Å². The Labute approximate surface area is 97.7 Å². The lowest BCUT2D eigenvalue weighted by molar-refractivity contribution is -0.141. The number of hydrogen-bond donors (Lipinski definition) is 0. The fourth-order valence-corrected chi connectivity index (χ4v) is 1.35. The van der Waals surface area contributed by atoms with E-state index in [4.69, 9.17) is 1.37 Å². The zero-order chi connectivity index (χ0) is 12.7. The summed E-state index contributed by atoms with van der Waals surface area (Å²) in [5.41, 5.74) is 1.05. The van der Waals surface area contributed by atoms with Crippen molar-refractivity contribution in [3.8, 4) is 0 Å². The Balaban J connectivity index is 2.72. The van der Waals surface area contributed by atoms with E-state index < -0.39 is 12.5 Å². The summed E-state index contributed by atoms with van der Waals surface area (Å²) in [6.45, 7) is 3.61. The number of ether oxygens (including phenoxy) is 1. The summed E-state index contributed by atoms with van der Waals surface area (Å²) in [7, 11) is 1.29. The van der Waals surface area contributed by atoms with Crippen molar-refractivity contribution in [2.75, 3.05) is 20.2 Å². The van der Waals surface area contributed by atoms with E-state index in [9.17, 15) is 4.79 Å². The summed E-state index contributed by atoms with van der Waals surface area (Å²) in [6, 6.07) is 9.71. The van der Waals surface area contributed by atoms with Gasteiger partial charge < -0.3 is 4.74 Å². The van der Waals surface area contributed by atoms with Gasteiger partial charge in [0.25, 0.3) is 0 Å². The van der Waals surface area contributed by atoms with Crippen molar-refractivity contribution < 1.29 is 10.9 Å². The van der Waals surface area contributed by atoms with Crippen molar-refractivity contribution in [3.63, 3.8) is 0 Å². The van der Waals surface area contributed by atoms with Crippen LogP contribution in [0.5, 0.6) is 0 Å². The topological polar surface area (TPSA) is 29.5 Å². The summed E-state index contributed by atoms with van der Waals surface area (Å²) in [5, 5.41) is 0. The van der Waals surface area contributed by atoms with Crippen molar-refractivity contribution in [1.82, 2.24) is 4.90 Å². The highest BCUT2D eigenvalue weighted by atomic mass is 16.5. The molecule has 0 aromatic heterocycles. The van der Waals surface area contributed by atoms with Crippen LogP contribution in [0.25, 0.3) is 0 Å². The standard InChI is InChI=1S/C13H17NO2/c1-3-9-14(11-13(15)16-2)10-12-7-5-4-6-8-12/h3-8H,1,9-11H2,2H3/i11D. The molecule has 0 radical (unpaired) electrons. The Kier molecular flexibility index (Phi) is 4.63. The van der Waals surface area contributed by atoms with E-state index in [1.54, 1.807) is 11.0 Å². The molecule has 1 atom stereocenters. The van der Waals surface area contributed by atoms with Gasteiger partial charge in [0.05, 0.1) is 15.0 Å². The molecule has 86 valence electrons. The quantitative estimate of drug-likeness (QED) is 0.541. The van der Waals surface area contributed by atoms with Crippen LogP contribution in [0.15, 0.2) is 43.0 Å². The van der Waals surface area contributed by atoms with Crippen molar-refractivity contribution in [3.05, 3.63) is 48.6 Å². The van der Waals surface area contributed by atoms with E-state index in [-0.39, 0.29) is 0 Å². The van der Waals surface area contributed by atoms with Crippen molar-refractivity contribution >= 4 is 5.97 Å². The average molecular weight is 220 g/mol. The monoisotopic (exact) mass is 220 g/mol. The maximum Gasteiger partial charge on any atom is 0.319 e. The molecule has 1 aromatic carbocycles. The third-order valence-corrected chi connectivity index (χ3v) is 2.08. The normalized spacial score (nSPS) is 13.0. The number of esters is 1. The van der Waals surface area contributed by atoms with Crippen LogP contribution in [-0.2, 0) is 16.1 Å². The van der Waals surface area contributed by atoms with Crippen LogP contribution in [0.1, 0.15) is 6.93 Å². The van der Waals surface area contributed by atoms with Crippen molar-refractivity contribution in [2.45, 2.75) is 6.54 Å². The van der Waals surface area contributed by atoms with E-state index in [0.717, 1.165) is 5.56 Å². The number of nitrogens with zero attached hydrogens (tertiary/aromatic N) is 1. The molecule has 0 aliphatic rings. The SMILES string of the molecule is [2H]C(C(=O)OC)N(CC=C)Cc1ccccc1. The van der Waals surface area contributed by atoms with Crippen molar-refractivity contribution in [1.29, 1.82) is 0 Å². The molecular weight excluding hydrogens is 202 g/mol. The second-order valence-electron chi connectivity index (χ2n) is 3.36. The summed E-state index contributed by atoms with van der Waals surface area (Å²) >= 11 is 0. The maximum absolute atomic E-state index is 11.3. The largest absolute Gasteiger partial charge is 0.468 e. The number of benzene rings is 1. The second kappa shape index (κ2) is 6.80. The van der Waals surface area contributed by atoms with E-state index in [2.05, 4.69) is 11.3 Å². The first-order chi connectivity index (χ1) is 8.19. The summed E-state index contributed by atoms with van der Waals surface area (Å²) in [6.07, 6.45) is 1.67. The molecule has 1 unspecified atom stereocenters. The van der Waals surface area contributed by atoms with Gasteiger partial charge in [-0.15, -0.1) is 6.58 Å². The van der Waals surface area contributed by atoms with Crippen LogP contribution < -0.4 is 0 Å². The molecule has 0 N–H and O–H groups in total. The number of carbonyl (C=O) groups excluding carboxylic acids is 1. The number of carbonyl (C=O) groups is 1. The molecule has 0 aliphatic carbocycles. The Hall–Kier alpha value is -1.61. The minimum absolute atomic E-state index is 0.470. The van der Waals surface area contributed by atoms with Gasteiger partial charge in [-0.2, -0.15) is 0 Å².